The molecule has 110 valence electrons. The lowest BCUT2D eigenvalue weighted by molar-refractivity contribution is -0.122. The second-order valence-electron chi connectivity index (χ2n) is 5.01. The van der Waals surface area contributed by atoms with Gasteiger partial charge in [0.15, 0.2) is 0 Å². The molecule has 0 aliphatic carbocycles. The first-order chi connectivity index (χ1) is 9.72. The van der Waals surface area contributed by atoms with Crippen LogP contribution in [0.2, 0.25) is 0 Å². The van der Waals surface area contributed by atoms with Gasteiger partial charge in [-0.15, -0.1) is 0 Å². The summed E-state index contributed by atoms with van der Waals surface area (Å²) >= 11 is 0. The molecule has 0 spiro atoms. The van der Waals surface area contributed by atoms with Crippen LogP contribution in [0.25, 0.3) is 0 Å². The van der Waals surface area contributed by atoms with Crippen molar-refractivity contribution in [1.82, 2.24) is 10.6 Å². The summed E-state index contributed by atoms with van der Waals surface area (Å²) in [4.78, 5) is 11.8. The Kier molecular flexibility index (Phi) is 5.38. The Morgan fingerprint density at radius 3 is 3.15 bits per heavy atom. The van der Waals surface area contributed by atoms with Crippen molar-refractivity contribution in [3.05, 3.63) is 29.3 Å². The van der Waals surface area contributed by atoms with Crippen LogP contribution in [0.1, 0.15) is 18.1 Å². The molecule has 0 aromatic heterocycles. The van der Waals surface area contributed by atoms with Crippen LogP contribution in [0, 0.1) is 0 Å². The Balaban J connectivity index is 1.83. The fraction of sp³-hybridized carbons (Fsp3) is 0.533. The van der Waals surface area contributed by atoms with Crippen molar-refractivity contribution < 1.29 is 9.53 Å². The molecule has 1 amide bonds. The largest absolute Gasteiger partial charge is 0.384 e. The average Bonchev–Trinajstić information content (AvgIpc) is 2.93. The third-order valence-electron chi connectivity index (χ3n) is 3.53. The molecule has 0 saturated heterocycles. The number of fused-ring (bicyclic) bond motifs is 1. The smallest absolute Gasteiger partial charge is 0.236 e. The summed E-state index contributed by atoms with van der Waals surface area (Å²) in [5.41, 5.74) is 3.81. The Morgan fingerprint density at radius 1 is 1.50 bits per heavy atom. The fourth-order valence-corrected chi connectivity index (χ4v) is 2.34. The average molecular weight is 277 g/mol. The summed E-state index contributed by atoms with van der Waals surface area (Å²) in [6, 6.07) is 6.11. The predicted octanol–water partition coefficient (Wildman–Crippen LogP) is 0.895. The van der Waals surface area contributed by atoms with E-state index < -0.39 is 0 Å². The van der Waals surface area contributed by atoms with E-state index in [1.54, 1.807) is 7.11 Å². The zero-order valence-corrected chi connectivity index (χ0v) is 12.2. The number of ether oxygens (including phenoxy) is 1. The van der Waals surface area contributed by atoms with Crippen molar-refractivity contribution in [1.29, 1.82) is 0 Å². The Labute approximate surface area is 120 Å². The van der Waals surface area contributed by atoms with Crippen molar-refractivity contribution in [3.63, 3.8) is 0 Å². The van der Waals surface area contributed by atoms with E-state index in [1.165, 1.54) is 16.8 Å². The minimum absolute atomic E-state index is 0.00239. The highest BCUT2D eigenvalue weighted by molar-refractivity contribution is 5.81. The van der Waals surface area contributed by atoms with Crippen molar-refractivity contribution >= 4 is 11.6 Å². The molecule has 0 bridgehead atoms. The molecule has 1 aliphatic rings. The van der Waals surface area contributed by atoms with Gasteiger partial charge in [-0.25, -0.2) is 0 Å². The highest BCUT2D eigenvalue weighted by Crippen LogP contribution is 2.26. The fourth-order valence-electron chi connectivity index (χ4n) is 2.34. The third kappa shape index (κ3) is 3.71. The van der Waals surface area contributed by atoms with E-state index in [1.807, 2.05) is 6.92 Å². The molecule has 0 saturated carbocycles. The number of hydrogen-bond donors (Lipinski definition) is 3. The zero-order valence-electron chi connectivity index (χ0n) is 12.2. The SMILES string of the molecule is COCCNC(=O)C(C)NCc1cccc2c1NCC2. The van der Waals surface area contributed by atoms with Gasteiger partial charge >= 0.3 is 0 Å². The molecule has 2 rings (SSSR count). The molecule has 1 unspecified atom stereocenters. The van der Waals surface area contributed by atoms with Crippen LogP contribution in [0.4, 0.5) is 5.69 Å². The first-order valence-electron chi connectivity index (χ1n) is 7.07. The van der Waals surface area contributed by atoms with Gasteiger partial charge < -0.3 is 20.7 Å². The first-order valence-corrected chi connectivity index (χ1v) is 7.07. The number of hydrogen-bond acceptors (Lipinski definition) is 4. The summed E-state index contributed by atoms with van der Waals surface area (Å²) in [6.45, 7) is 4.64. The van der Waals surface area contributed by atoms with E-state index in [0.29, 0.717) is 19.7 Å². The van der Waals surface area contributed by atoms with Crippen LogP contribution in [-0.4, -0.2) is 38.8 Å². The Morgan fingerprint density at radius 2 is 2.35 bits per heavy atom. The molecule has 1 heterocycles. The maximum atomic E-state index is 11.8. The number of nitrogens with one attached hydrogen (secondary N) is 3. The summed E-state index contributed by atoms with van der Waals surface area (Å²) in [5, 5.41) is 9.50. The summed E-state index contributed by atoms with van der Waals surface area (Å²) in [7, 11) is 1.62. The van der Waals surface area contributed by atoms with E-state index in [9.17, 15) is 4.79 Å². The third-order valence-corrected chi connectivity index (χ3v) is 3.53. The minimum atomic E-state index is -0.218. The van der Waals surface area contributed by atoms with Gasteiger partial charge in [0, 0.05) is 32.4 Å². The monoisotopic (exact) mass is 277 g/mol. The molecule has 1 atom stereocenters. The van der Waals surface area contributed by atoms with E-state index >= 15 is 0 Å². The van der Waals surface area contributed by atoms with Gasteiger partial charge in [-0.1, -0.05) is 18.2 Å². The highest BCUT2D eigenvalue weighted by atomic mass is 16.5. The number of anilines is 1. The normalized spacial score (nSPS) is 14.5. The molecular weight excluding hydrogens is 254 g/mol. The van der Waals surface area contributed by atoms with Gasteiger partial charge in [-0.3, -0.25) is 4.79 Å². The molecule has 3 N–H and O–H groups in total. The number of carbonyl (C=O) groups is 1. The molecule has 5 nitrogen and oxygen atoms in total. The van der Waals surface area contributed by atoms with Crippen LogP contribution in [-0.2, 0) is 22.5 Å². The number of rotatable bonds is 7. The number of carbonyl (C=O) groups excluding carboxylic acids is 1. The van der Waals surface area contributed by atoms with Crippen molar-refractivity contribution in [2.45, 2.75) is 25.9 Å². The van der Waals surface area contributed by atoms with Crippen molar-refractivity contribution in [3.8, 4) is 0 Å². The van der Waals surface area contributed by atoms with E-state index in [2.05, 4.69) is 34.1 Å². The van der Waals surface area contributed by atoms with Crippen molar-refractivity contribution in [2.75, 3.05) is 32.1 Å². The molecule has 0 fully saturated rings. The van der Waals surface area contributed by atoms with E-state index in [-0.39, 0.29) is 11.9 Å². The maximum absolute atomic E-state index is 11.8. The number of amides is 1. The topological polar surface area (TPSA) is 62.4 Å². The van der Waals surface area contributed by atoms with Crippen molar-refractivity contribution in [2.24, 2.45) is 0 Å². The lowest BCUT2D eigenvalue weighted by Gasteiger charge is -2.15. The van der Waals surface area contributed by atoms with E-state index in [0.717, 1.165) is 13.0 Å². The summed E-state index contributed by atoms with van der Waals surface area (Å²) < 4.78 is 4.91. The van der Waals surface area contributed by atoms with Crippen LogP contribution >= 0.6 is 0 Å². The zero-order chi connectivity index (χ0) is 14.4. The van der Waals surface area contributed by atoms with Crippen LogP contribution in [0.3, 0.4) is 0 Å². The number of methoxy groups -OCH3 is 1. The van der Waals surface area contributed by atoms with E-state index in [4.69, 9.17) is 4.74 Å². The second-order valence-corrected chi connectivity index (χ2v) is 5.01. The number of para-hydroxylation sites is 1. The molecule has 1 aromatic rings. The molecule has 5 heteroatoms. The van der Waals surface area contributed by atoms with Gasteiger partial charge in [0.1, 0.15) is 0 Å². The van der Waals surface area contributed by atoms with Crippen LogP contribution in [0.5, 0.6) is 0 Å². The van der Waals surface area contributed by atoms with Crippen LogP contribution in [0.15, 0.2) is 18.2 Å². The standard InChI is InChI=1S/C15H23N3O2/c1-11(15(19)17-8-9-20-2)18-10-13-5-3-4-12-6-7-16-14(12)13/h3-5,11,16,18H,6-10H2,1-2H3,(H,17,19). The molecule has 1 aliphatic heterocycles. The predicted molar refractivity (Wildman–Crippen MR) is 79.8 cm³/mol. The van der Waals surface area contributed by atoms with Gasteiger partial charge in [0.2, 0.25) is 5.91 Å². The molecule has 1 aromatic carbocycles. The number of benzene rings is 1. The highest BCUT2D eigenvalue weighted by Gasteiger charge is 2.15. The summed E-state index contributed by atoms with van der Waals surface area (Å²) in [5.74, 6) is 0.00239. The second kappa shape index (κ2) is 7.26. The lowest BCUT2D eigenvalue weighted by atomic mass is 10.1. The quantitative estimate of drug-likeness (QED) is 0.648. The molecular formula is C15H23N3O2. The van der Waals surface area contributed by atoms with Gasteiger partial charge in [-0.05, 0) is 24.5 Å². The molecule has 0 radical (unpaired) electrons. The van der Waals surface area contributed by atoms with Gasteiger partial charge in [0.05, 0.1) is 12.6 Å². The van der Waals surface area contributed by atoms with Gasteiger partial charge in [0.25, 0.3) is 0 Å². The summed E-state index contributed by atoms with van der Waals surface area (Å²) in [6.07, 6.45) is 1.08. The van der Waals surface area contributed by atoms with Gasteiger partial charge in [-0.2, -0.15) is 0 Å². The minimum Gasteiger partial charge on any atom is -0.384 e. The maximum Gasteiger partial charge on any atom is 0.236 e. The first kappa shape index (κ1) is 14.8. The Bertz CT molecular complexity index is 462. The lowest BCUT2D eigenvalue weighted by Crippen LogP contribution is -2.42. The van der Waals surface area contributed by atoms with Crippen LogP contribution < -0.4 is 16.0 Å². The Hall–Kier alpha value is -1.59. The molecule has 20 heavy (non-hydrogen) atoms.